The minimum Gasteiger partial charge on any atom is -0.392 e. The molecule has 0 bridgehead atoms. The van der Waals surface area contributed by atoms with Gasteiger partial charge in [0.1, 0.15) is 11.6 Å². The summed E-state index contributed by atoms with van der Waals surface area (Å²) in [7, 11) is 0. The van der Waals surface area contributed by atoms with E-state index >= 15 is 4.39 Å². The number of aromatic nitrogens is 1. The maximum absolute atomic E-state index is 15.2. The Morgan fingerprint density at radius 1 is 1.28 bits per heavy atom. The lowest BCUT2D eigenvalue weighted by Gasteiger charge is -2.36. The molecule has 6 nitrogen and oxygen atoms in total. The lowest BCUT2D eigenvalue weighted by molar-refractivity contribution is -0.144. The molecule has 7 heteroatoms. The summed E-state index contributed by atoms with van der Waals surface area (Å²) in [6, 6.07) is 4.26. The first-order chi connectivity index (χ1) is 17.0. The normalized spacial score (nSPS) is 30.8. The molecule has 0 radical (unpaired) electrons. The zero-order chi connectivity index (χ0) is 26.9. The molecule has 0 saturated carbocycles. The molecule has 2 rings (SSSR count). The van der Waals surface area contributed by atoms with E-state index in [2.05, 4.69) is 10.3 Å². The lowest BCUT2D eigenvalue weighted by atomic mass is 9.71. The second-order valence-corrected chi connectivity index (χ2v) is 10.8. The van der Waals surface area contributed by atoms with Gasteiger partial charge in [-0.1, -0.05) is 51.8 Å². The molecule has 200 valence electrons. The lowest BCUT2D eigenvalue weighted by Crippen LogP contribution is -2.48. The van der Waals surface area contributed by atoms with Gasteiger partial charge in [0.15, 0.2) is 0 Å². The highest BCUT2D eigenvalue weighted by molar-refractivity contribution is 5.88. The van der Waals surface area contributed by atoms with E-state index in [4.69, 9.17) is 0 Å². The van der Waals surface area contributed by atoms with Gasteiger partial charge >= 0.3 is 0 Å². The van der Waals surface area contributed by atoms with Crippen molar-refractivity contribution in [3.05, 3.63) is 47.6 Å². The summed E-state index contributed by atoms with van der Waals surface area (Å²) < 4.78 is 15.2. The first kappa shape index (κ1) is 29.8. The minimum atomic E-state index is -1.28. The van der Waals surface area contributed by atoms with Crippen LogP contribution in [0.2, 0.25) is 0 Å². The molecule has 1 aliphatic rings. The molecule has 2 heterocycles. The van der Waals surface area contributed by atoms with Crippen LogP contribution in [0, 0.1) is 17.3 Å². The van der Waals surface area contributed by atoms with E-state index in [9.17, 15) is 19.8 Å². The number of hydrogen-bond donors (Lipinski definition) is 3. The fourth-order valence-corrected chi connectivity index (χ4v) is 4.73. The molecule has 1 aromatic heterocycles. The molecule has 0 fully saturated rings. The maximum atomic E-state index is 15.2. The van der Waals surface area contributed by atoms with E-state index in [1.807, 2.05) is 26.8 Å². The Labute approximate surface area is 215 Å². The molecule has 0 unspecified atom stereocenters. The molecule has 5 atom stereocenters. The number of ketones is 1. The van der Waals surface area contributed by atoms with E-state index < -0.39 is 41.3 Å². The number of aliphatic hydroxyl groups excluding tert-OH is 2. The highest BCUT2D eigenvalue weighted by atomic mass is 19.1. The zero-order valence-corrected chi connectivity index (χ0v) is 22.3. The van der Waals surface area contributed by atoms with Crippen molar-refractivity contribution in [2.24, 2.45) is 17.3 Å². The SMILES string of the molecule is CCC[C@H]1C(=O)C(C)(C)[C@@H](O)CC(=O)N[C@H](/C(F)=C/c2ccccn2)C/C=C(/C)CCC[C@H](C)[C@@H]1O. The predicted molar refractivity (Wildman–Crippen MR) is 140 cm³/mol. The quantitative estimate of drug-likeness (QED) is 0.494. The third-order valence-electron chi connectivity index (χ3n) is 7.35. The first-order valence-electron chi connectivity index (χ1n) is 13.1. The Morgan fingerprint density at radius 3 is 2.64 bits per heavy atom. The average molecular weight is 503 g/mol. The van der Waals surface area contributed by atoms with E-state index in [0.29, 0.717) is 12.1 Å². The van der Waals surface area contributed by atoms with Gasteiger partial charge in [0.05, 0.1) is 35.8 Å². The van der Waals surface area contributed by atoms with Gasteiger partial charge in [-0.15, -0.1) is 0 Å². The standard InChI is InChI=1S/C29H43FN2O4/c1-6-10-22-27(35)20(3)12-9-11-19(2)14-15-24(23(30)17-21-13-7-8-16-31-21)32-26(34)18-25(33)29(4,5)28(22)36/h7-8,13-14,16-17,20,22,24-25,27,33,35H,6,9-12,15,18H2,1-5H3,(H,32,34)/b19-14-,23-17-/t20-,22+,24-,25-,27-/m0/s1. The van der Waals surface area contributed by atoms with Crippen molar-refractivity contribution < 1.29 is 24.2 Å². The number of carbonyl (C=O) groups is 2. The van der Waals surface area contributed by atoms with Crippen LogP contribution in [0.4, 0.5) is 4.39 Å². The summed E-state index contributed by atoms with van der Waals surface area (Å²) in [5, 5.41) is 24.7. The molecular formula is C29H43FN2O4. The largest absolute Gasteiger partial charge is 0.392 e. The molecule has 1 aliphatic heterocycles. The van der Waals surface area contributed by atoms with Gasteiger partial charge in [-0.2, -0.15) is 0 Å². The van der Waals surface area contributed by atoms with Crippen LogP contribution in [-0.2, 0) is 9.59 Å². The van der Waals surface area contributed by atoms with Gasteiger partial charge in [-0.3, -0.25) is 14.6 Å². The third-order valence-corrected chi connectivity index (χ3v) is 7.35. The number of aliphatic hydroxyl groups is 2. The van der Waals surface area contributed by atoms with Crippen LogP contribution in [0.15, 0.2) is 41.9 Å². The molecule has 0 spiro atoms. The first-order valence-corrected chi connectivity index (χ1v) is 13.1. The summed E-state index contributed by atoms with van der Waals surface area (Å²) in [6.45, 7) is 9.11. The topological polar surface area (TPSA) is 99.5 Å². The van der Waals surface area contributed by atoms with Crippen molar-refractivity contribution in [2.45, 2.75) is 97.8 Å². The Kier molecular flexibility index (Phi) is 11.4. The van der Waals surface area contributed by atoms with Gasteiger partial charge < -0.3 is 15.5 Å². The number of nitrogens with zero attached hydrogens (tertiary/aromatic N) is 1. The van der Waals surface area contributed by atoms with Gasteiger partial charge in [-0.05, 0) is 63.2 Å². The summed E-state index contributed by atoms with van der Waals surface area (Å²) >= 11 is 0. The van der Waals surface area contributed by atoms with Crippen molar-refractivity contribution in [2.75, 3.05) is 0 Å². The summed E-state index contributed by atoms with van der Waals surface area (Å²) in [4.78, 5) is 30.5. The fraction of sp³-hybridized carbons (Fsp3) is 0.621. The Balaban J connectivity index is 2.37. The van der Waals surface area contributed by atoms with Crippen LogP contribution in [0.5, 0.6) is 0 Å². The molecule has 0 saturated heterocycles. The summed E-state index contributed by atoms with van der Waals surface area (Å²) in [5.74, 6) is -2.03. The minimum absolute atomic E-state index is 0.0889. The Bertz CT molecular complexity index is 928. The predicted octanol–water partition coefficient (Wildman–Crippen LogP) is 5.16. The molecule has 1 amide bonds. The molecule has 1 aromatic rings. The number of pyridine rings is 1. The summed E-state index contributed by atoms with van der Waals surface area (Å²) in [5.41, 5.74) is 0.262. The highest BCUT2D eigenvalue weighted by Crippen LogP contribution is 2.34. The smallest absolute Gasteiger partial charge is 0.223 e. The Hall–Kier alpha value is -2.38. The van der Waals surface area contributed by atoms with E-state index in [1.165, 1.54) is 6.08 Å². The maximum Gasteiger partial charge on any atom is 0.223 e. The highest BCUT2D eigenvalue weighted by Gasteiger charge is 2.43. The molecular weight excluding hydrogens is 459 g/mol. The number of Topliss-reactive ketones (excluding diaryl/α,β-unsaturated/α-hetero) is 1. The number of halogens is 1. The van der Waals surface area contributed by atoms with Crippen LogP contribution < -0.4 is 5.32 Å². The van der Waals surface area contributed by atoms with Crippen LogP contribution in [0.3, 0.4) is 0 Å². The number of nitrogens with one attached hydrogen (secondary N) is 1. The van der Waals surface area contributed by atoms with Crippen LogP contribution in [-0.4, -0.2) is 45.1 Å². The van der Waals surface area contributed by atoms with Crippen molar-refractivity contribution in [3.63, 3.8) is 0 Å². The summed E-state index contributed by atoms with van der Waals surface area (Å²) in [6.07, 6.45) is 6.18. The zero-order valence-electron chi connectivity index (χ0n) is 22.3. The third kappa shape index (κ3) is 8.34. The molecule has 3 N–H and O–H groups in total. The van der Waals surface area contributed by atoms with Crippen molar-refractivity contribution in [1.82, 2.24) is 10.3 Å². The molecule has 0 aliphatic carbocycles. The fourth-order valence-electron chi connectivity index (χ4n) is 4.73. The molecule has 0 aromatic carbocycles. The second-order valence-electron chi connectivity index (χ2n) is 10.8. The number of rotatable bonds is 4. The van der Waals surface area contributed by atoms with Gasteiger partial charge in [0.25, 0.3) is 0 Å². The van der Waals surface area contributed by atoms with Gasteiger partial charge in [0, 0.05) is 12.1 Å². The van der Waals surface area contributed by atoms with Crippen LogP contribution in [0.1, 0.15) is 85.3 Å². The van der Waals surface area contributed by atoms with E-state index in [1.54, 1.807) is 38.2 Å². The second kappa shape index (κ2) is 13.8. The van der Waals surface area contributed by atoms with Crippen molar-refractivity contribution >= 4 is 17.8 Å². The number of hydrogen-bond acceptors (Lipinski definition) is 5. The number of carbonyl (C=O) groups excluding carboxylic acids is 2. The Morgan fingerprint density at radius 2 is 2.00 bits per heavy atom. The van der Waals surface area contributed by atoms with Crippen molar-refractivity contribution in [3.8, 4) is 0 Å². The van der Waals surface area contributed by atoms with E-state index in [-0.39, 0.29) is 24.5 Å². The van der Waals surface area contributed by atoms with Crippen LogP contribution >= 0.6 is 0 Å². The van der Waals surface area contributed by atoms with E-state index in [0.717, 1.165) is 31.3 Å². The van der Waals surface area contributed by atoms with Crippen molar-refractivity contribution in [1.29, 1.82) is 0 Å². The number of allylic oxidation sites excluding steroid dienone is 1. The van der Waals surface area contributed by atoms with Crippen LogP contribution in [0.25, 0.3) is 6.08 Å². The van der Waals surface area contributed by atoms with Gasteiger partial charge in [-0.25, -0.2) is 4.39 Å². The molecule has 36 heavy (non-hydrogen) atoms. The number of amides is 1. The monoisotopic (exact) mass is 502 g/mol. The average Bonchev–Trinajstić information content (AvgIpc) is 2.84. The van der Waals surface area contributed by atoms with Gasteiger partial charge in [0.2, 0.25) is 5.91 Å².